The maximum atomic E-state index is 11.5. The summed E-state index contributed by atoms with van der Waals surface area (Å²) < 4.78 is 1.000. The molecule has 0 aliphatic heterocycles. The topological polar surface area (TPSA) is 44.9 Å². The van der Waals surface area contributed by atoms with Crippen molar-refractivity contribution in [2.24, 2.45) is 0 Å². The molecule has 0 radical (unpaired) electrons. The highest BCUT2D eigenvalue weighted by Gasteiger charge is 2.12. The average molecular weight is 267 g/mol. The number of nitrogens with one attached hydrogen (secondary N) is 2. The monoisotopic (exact) mass is 266 g/mol. The summed E-state index contributed by atoms with van der Waals surface area (Å²) in [6, 6.07) is 5.93. The van der Waals surface area contributed by atoms with Gasteiger partial charge >= 0.3 is 0 Å². The van der Waals surface area contributed by atoms with Crippen LogP contribution in [0.4, 0.5) is 0 Å². The van der Waals surface area contributed by atoms with E-state index in [0.29, 0.717) is 5.69 Å². The Labute approximate surface area is 96.0 Å². The van der Waals surface area contributed by atoms with Crippen molar-refractivity contribution >= 4 is 32.7 Å². The van der Waals surface area contributed by atoms with Crippen molar-refractivity contribution in [1.82, 2.24) is 10.3 Å². The second kappa shape index (κ2) is 3.70. The molecule has 0 saturated carbocycles. The SMILES string of the molecule is CNC(=O)c1[nH]c2cc(Br)ccc2c1C. The van der Waals surface area contributed by atoms with Gasteiger partial charge in [-0.05, 0) is 24.6 Å². The van der Waals surface area contributed by atoms with Crippen LogP contribution in [0.15, 0.2) is 22.7 Å². The van der Waals surface area contributed by atoms with Crippen LogP contribution in [0.1, 0.15) is 16.1 Å². The van der Waals surface area contributed by atoms with Crippen molar-refractivity contribution in [2.45, 2.75) is 6.92 Å². The Balaban J connectivity index is 2.69. The standard InChI is InChI=1S/C11H11BrN2O/c1-6-8-4-3-7(12)5-9(8)14-10(6)11(15)13-2/h3-5,14H,1-2H3,(H,13,15). The lowest BCUT2D eigenvalue weighted by atomic mass is 10.1. The number of hydrogen-bond acceptors (Lipinski definition) is 1. The van der Waals surface area contributed by atoms with E-state index in [0.717, 1.165) is 20.9 Å². The van der Waals surface area contributed by atoms with Gasteiger partial charge in [0.05, 0.1) is 0 Å². The molecular formula is C11H11BrN2O. The third kappa shape index (κ3) is 1.65. The zero-order valence-electron chi connectivity index (χ0n) is 8.52. The van der Waals surface area contributed by atoms with Crippen LogP contribution in [0.25, 0.3) is 10.9 Å². The van der Waals surface area contributed by atoms with Crippen LogP contribution in [-0.4, -0.2) is 17.9 Å². The molecule has 78 valence electrons. The Bertz CT molecular complexity index is 531. The number of carbonyl (C=O) groups is 1. The zero-order valence-corrected chi connectivity index (χ0v) is 10.1. The molecule has 2 N–H and O–H groups in total. The summed E-state index contributed by atoms with van der Waals surface area (Å²) in [6.45, 7) is 1.94. The molecule has 0 saturated heterocycles. The van der Waals surface area contributed by atoms with E-state index in [2.05, 4.69) is 26.2 Å². The van der Waals surface area contributed by atoms with Crippen molar-refractivity contribution in [3.63, 3.8) is 0 Å². The summed E-state index contributed by atoms with van der Waals surface area (Å²) in [4.78, 5) is 14.6. The molecule has 0 bridgehead atoms. The first-order valence-corrected chi connectivity index (χ1v) is 5.42. The largest absolute Gasteiger partial charge is 0.354 e. The Morgan fingerprint density at radius 2 is 2.20 bits per heavy atom. The van der Waals surface area contributed by atoms with Crippen molar-refractivity contribution in [3.8, 4) is 0 Å². The Morgan fingerprint density at radius 3 is 2.87 bits per heavy atom. The minimum Gasteiger partial charge on any atom is -0.354 e. The number of H-pyrrole nitrogens is 1. The fourth-order valence-corrected chi connectivity index (χ4v) is 2.02. The van der Waals surface area contributed by atoms with Gasteiger partial charge in [0, 0.05) is 22.4 Å². The van der Waals surface area contributed by atoms with Crippen LogP contribution in [0, 0.1) is 6.92 Å². The summed E-state index contributed by atoms with van der Waals surface area (Å²) in [5.41, 5.74) is 2.59. The molecule has 0 aliphatic rings. The van der Waals surface area contributed by atoms with E-state index in [1.807, 2.05) is 25.1 Å². The van der Waals surface area contributed by atoms with E-state index in [4.69, 9.17) is 0 Å². The fourth-order valence-electron chi connectivity index (χ4n) is 1.66. The second-order valence-electron chi connectivity index (χ2n) is 3.39. The minimum atomic E-state index is -0.0835. The van der Waals surface area contributed by atoms with Gasteiger partial charge in [-0.3, -0.25) is 4.79 Å². The highest BCUT2D eigenvalue weighted by Crippen LogP contribution is 2.24. The Kier molecular flexibility index (Phi) is 2.52. The molecule has 15 heavy (non-hydrogen) atoms. The number of aromatic nitrogens is 1. The van der Waals surface area contributed by atoms with Gasteiger partial charge in [-0.2, -0.15) is 0 Å². The molecule has 0 fully saturated rings. The lowest BCUT2D eigenvalue weighted by Crippen LogP contribution is -2.18. The van der Waals surface area contributed by atoms with E-state index < -0.39 is 0 Å². The van der Waals surface area contributed by atoms with Crippen LogP contribution in [-0.2, 0) is 0 Å². The molecule has 0 aliphatic carbocycles. The van der Waals surface area contributed by atoms with E-state index in [-0.39, 0.29) is 5.91 Å². The summed E-state index contributed by atoms with van der Waals surface area (Å²) >= 11 is 3.40. The summed E-state index contributed by atoms with van der Waals surface area (Å²) in [7, 11) is 1.63. The maximum absolute atomic E-state index is 11.5. The van der Waals surface area contributed by atoms with Gasteiger partial charge in [0.25, 0.3) is 5.91 Å². The summed E-state index contributed by atoms with van der Waals surface area (Å²) in [5.74, 6) is -0.0835. The Hall–Kier alpha value is -1.29. The summed E-state index contributed by atoms with van der Waals surface area (Å²) in [5, 5.41) is 3.70. The molecule has 0 spiro atoms. The number of amides is 1. The minimum absolute atomic E-state index is 0.0835. The van der Waals surface area contributed by atoms with E-state index in [1.54, 1.807) is 7.05 Å². The number of hydrogen-bond donors (Lipinski definition) is 2. The van der Waals surface area contributed by atoms with E-state index in [1.165, 1.54) is 0 Å². The van der Waals surface area contributed by atoms with Gasteiger partial charge in [0.15, 0.2) is 0 Å². The maximum Gasteiger partial charge on any atom is 0.267 e. The smallest absolute Gasteiger partial charge is 0.267 e. The van der Waals surface area contributed by atoms with E-state index >= 15 is 0 Å². The van der Waals surface area contributed by atoms with Crippen LogP contribution in [0.3, 0.4) is 0 Å². The quantitative estimate of drug-likeness (QED) is 0.819. The van der Waals surface area contributed by atoms with Crippen LogP contribution >= 0.6 is 15.9 Å². The van der Waals surface area contributed by atoms with Crippen molar-refractivity contribution < 1.29 is 4.79 Å². The number of benzene rings is 1. The van der Waals surface area contributed by atoms with Gasteiger partial charge < -0.3 is 10.3 Å². The number of fused-ring (bicyclic) bond motifs is 1. The van der Waals surface area contributed by atoms with Crippen LogP contribution in [0.2, 0.25) is 0 Å². The van der Waals surface area contributed by atoms with E-state index in [9.17, 15) is 4.79 Å². The number of rotatable bonds is 1. The molecule has 0 unspecified atom stereocenters. The first-order chi connectivity index (χ1) is 7.13. The van der Waals surface area contributed by atoms with Gasteiger partial charge in [-0.25, -0.2) is 0 Å². The zero-order chi connectivity index (χ0) is 11.0. The fraction of sp³-hybridized carbons (Fsp3) is 0.182. The molecule has 1 aromatic carbocycles. The normalized spacial score (nSPS) is 10.6. The molecular weight excluding hydrogens is 256 g/mol. The molecule has 2 rings (SSSR count). The number of halogens is 1. The molecule has 0 atom stereocenters. The molecule has 4 heteroatoms. The van der Waals surface area contributed by atoms with Gasteiger partial charge in [-0.15, -0.1) is 0 Å². The molecule has 1 aromatic heterocycles. The van der Waals surface area contributed by atoms with Gasteiger partial charge in [0.1, 0.15) is 5.69 Å². The Morgan fingerprint density at radius 1 is 1.47 bits per heavy atom. The third-order valence-electron chi connectivity index (χ3n) is 2.47. The molecule has 2 aromatic rings. The number of carbonyl (C=O) groups excluding carboxylic acids is 1. The molecule has 3 nitrogen and oxygen atoms in total. The molecule has 1 heterocycles. The van der Waals surface area contributed by atoms with Crippen molar-refractivity contribution in [2.75, 3.05) is 7.05 Å². The van der Waals surface area contributed by atoms with Gasteiger partial charge in [0.2, 0.25) is 0 Å². The van der Waals surface area contributed by atoms with Crippen molar-refractivity contribution in [1.29, 1.82) is 0 Å². The highest BCUT2D eigenvalue weighted by molar-refractivity contribution is 9.10. The average Bonchev–Trinajstić information content (AvgIpc) is 2.54. The predicted molar refractivity (Wildman–Crippen MR) is 64.1 cm³/mol. The highest BCUT2D eigenvalue weighted by atomic mass is 79.9. The van der Waals surface area contributed by atoms with Crippen LogP contribution in [0.5, 0.6) is 0 Å². The first-order valence-electron chi connectivity index (χ1n) is 4.63. The summed E-state index contributed by atoms with van der Waals surface area (Å²) in [6.07, 6.45) is 0. The van der Waals surface area contributed by atoms with Gasteiger partial charge in [-0.1, -0.05) is 22.0 Å². The lowest BCUT2D eigenvalue weighted by Gasteiger charge is -1.96. The number of aromatic amines is 1. The third-order valence-corrected chi connectivity index (χ3v) is 2.97. The first kappa shape index (κ1) is 10.2. The van der Waals surface area contributed by atoms with Crippen LogP contribution < -0.4 is 5.32 Å². The van der Waals surface area contributed by atoms with Crippen molar-refractivity contribution in [3.05, 3.63) is 33.9 Å². The number of aryl methyl sites for hydroxylation is 1. The lowest BCUT2D eigenvalue weighted by molar-refractivity contribution is 0.0958. The second-order valence-corrected chi connectivity index (χ2v) is 4.31. The predicted octanol–water partition coefficient (Wildman–Crippen LogP) is 2.60. The molecule has 1 amide bonds.